The van der Waals surface area contributed by atoms with E-state index in [0.29, 0.717) is 22.0 Å². The molecule has 1 rings (SSSR count). The lowest BCUT2D eigenvalue weighted by Gasteiger charge is -2.12. The van der Waals surface area contributed by atoms with Gasteiger partial charge in [0.05, 0.1) is 6.42 Å². The van der Waals surface area contributed by atoms with Gasteiger partial charge in [-0.05, 0) is 24.1 Å². The minimum atomic E-state index is -1.45. The van der Waals surface area contributed by atoms with Gasteiger partial charge in [-0.3, -0.25) is 9.59 Å². The average molecular weight is 334 g/mol. The molecular weight excluding hydrogens is 321 g/mol. The molecule has 1 aromatic rings. The molecule has 0 aliphatic rings. The molecule has 3 N–H and O–H groups in total. The van der Waals surface area contributed by atoms with Gasteiger partial charge in [0.15, 0.2) is 0 Å². The molecule has 1 amide bonds. The van der Waals surface area contributed by atoms with Gasteiger partial charge in [0, 0.05) is 16.5 Å². The quantitative estimate of drug-likeness (QED) is 0.707. The van der Waals surface area contributed by atoms with Gasteiger partial charge in [0.25, 0.3) is 0 Å². The summed E-state index contributed by atoms with van der Waals surface area (Å²) in [5.41, 5.74) is 0.696. The Hall–Kier alpha value is -1.79. The van der Waals surface area contributed by atoms with Crippen LogP contribution in [0, 0.1) is 0 Å². The number of amides is 1. The summed E-state index contributed by atoms with van der Waals surface area (Å²) in [5, 5.41) is 20.4. The molecule has 0 fully saturated rings. The van der Waals surface area contributed by atoms with E-state index in [2.05, 4.69) is 5.32 Å². The van der Waals surface area contributed by atoms with Crippen LogP contribution in [0.2, 0.25) is 10.0 Å². The number of aliphatic carboxylic acids is 2. The number of carboxylic acid groups (broad SMARTS) is 2. The van der Waals surface area contributed by atoms with Crippen LogP contribution in [0.5, 0.6) is 0 Å². The highest BCUT2D eigenvalue weighted by atomic mass is 35.5. The van der Waals surface area contributed by atoms with E-state index in [0.717, 1.165) is 0 Å². The molecule has 0 radical (unpaired) electrons. The van der Waals surface area contributed by atoms with Crippen LogP contribution in [0.1, 0.15) is 18.4 Å². The van der Waals surface area contributed by atoms with Crippen LogP contribution in [-0.4, -0.2) is 34.1 Å². The first kappa shape index (κ1) is 17.3. The predicted octanol–water partition coefficient (Wildman–Crippen LogP) is 1.97. The number of aryl methyl sites for hydroxylation is 1. The molecule has 0 heterocycles. The van der Waals surface area contributed by atoms with Crippen LogP contribution < -0.4 is 5.32 Å². The van der Waals surface area contributed by atoms with Gasteiger partial charge in [-0.15, -0.1) is 0 Å². The topological polar surface area (TPSA) is 104 Å². The van der Waals surface area contributed by atoms with E-state index < -0.39 is 30.3 Å². The molecule has 8 heteroatoms. The molecule has 0 aromatic heterocycles. The largest absolute Gasteiger partial charge is 0.481 e. The highest BCUT2D eigenvalue weighted by Gasteiger charge is 2.22. The Morgan fingerprint density at radius 3 is 2.38 bits per heavy atom. The molecule has 114 valence electrons. The van der Waals surface area contributed by atoms with E-state index >= 15 is 0 Å². The van der Waals surface area contributed by atoms with Crippen LogP contribution in [-0.2, 0) is 20.8 Å². The number of halogens is 2. The number of hydrogen-bond donors (Lipinski definition) is 3. The lowest BCUT2D eigenvalue weighted by molar-refractivity contribution is -0.147. The average Bonchev–Trinajstić information content (AvgIpc) is 2.36. The first-order valence-corrected chi connectivity index (χ1v) is 6.73. The van der Waals surface area contributed by atoms with Crippen molar-refractivity contribution < 1.29 is 24.6 Å². The van der Waals surface area contributed by atoms with E-state index in [1.165, 1.54) is 0 Å². The van der Waals surface area contributed by atoms with Gasteiger partial charge in [-0.2, -0.15) is 0 Å². The number of carbonyl (C=O) groups is 3. The van der Waals surface area contributed by atoms with E-state index in [-0.39, 0.29) is 6.42 Å². The van der Waals surface area contributed by atoms with Crippen molar-refractivity contribution >= 4 is 41.0 Å². The fraction of sp³-hybridized carbons (Fsp3) is 0.308. The maximum atomic E-state index is 11.7. The van der Waals surface area contributed by atoms with Gasteiger partial charge < -0.3 is 15.5 Å². The number of carboxylic acids is 2. The summed E-state index contributed by atoms with van der Waals surface area (Å²) in [6.07, 6.45) is -0.394. The van der Waals surface area contributed by atoms with Crippen molar-refractivity contribution in [2.75, 3.05) is 0 Å². The SMILES string of the molecule is O=C(O)CC(NC(=O)CCc1ccc(Cl)cc1Cl)C(=O)O. The van der Waals surface area contributed by atoms with Crippen molar-refractivity contribution in [3.8, 4) is 0 Å². The number of hydrogen-bond acceptors (Lipinski definition) is 3. The minimum absolute atomic E-state index is 0.00918. The van der Waals surface area contributed by atoms with E-state index in [4.69, 9.17) is 33.4 Å². The molecule has 0 bridgehead atoms. The molecule has 1 unspecified atom stereocenters. The second-order valence-corrected chi connectivity index (χ2v) is 5.14. The molecule has 6 nitrogen and oxygen atoms in total. The van der Waals surface area contributed by atoms with Crippen molar-refractivity contribution in [3.63, 3.8) is 0 Å². The zero-order chi connectivity index (χ0) is 16.0. The Bertz CT molecular complexity index is 561. The summed E-state index contributed by atoms with van der Waals surface area (Å²) < 4.78 is 0. The lowest BCUT2D eigenvalue weighted by Crippen LogP contribution is -2.42. The number of benzene rings is 1. The summed E-state index contributed by atoms with van der Waals surface area (Å²) in [4.78, 5) is 33.0. The van der Waals surface area contributed by atoms with Crippen molar-refractivity contribution in [3.05, 3.63) is 33.8 Å². The minimum Gasteiger partial charge on any atom is -0.481 e. The van der Waals surface area contributed by atoms with Crippen LogP contribution in [0.4, 0.5) is 0 Å². The third-order valence-corrected chi connectivity index (χ3v) is 3.24. The molecule has 21 heavy (non-hydrogen) atoms. The maximum Gasteiger partial charge on any atom is 0.326 e. The standard InChI is InChI=1S/C13H13Cl2NO5/c14-8-3-1-7(9(15)5-8)2-4-11(17)16-10(13(20)21)6-12(18)19/h1,3,5,10H,2,4,6H2,(H,16,17)(H,18,19)(H,20,21). The second-order valence-electron chi connectivity index (χ2n) is 4.29. The predicted molar refractivity (Wildman–Crippen MR) is 76.6 cm³/mol. The van der Waals surface area contributed by atoms with Crippen LogP contribution >= 0.6 is 23.2 Å². The molecular formula is C13H13Cl2NO5. The summed E-state index contributed by atoms with van der Waals surface area (Å²) in [5.74, 6) is -3.26. The van der Waals surface area contributed by atoms with Gasteiger partial charge in [0.2, 0.25) is 5.91 Å². The number of nitrogens with one attached hydrogen (secondary N) is 1. The van der Waals surface area contributed by atoms with Crippen molar-refractivity contribution in [2.24, 2.45) is 0 Å². The van der Waals surface area contributed by atoms with Crippen LogP contribution in [0.15, 0.2) is 18.2 Å². The summed E-state index contributed by atoms with van der Waals surface area (Å²) in [6.45, 7) is 0. The Morgan fingerprint density at radius 2 is 1.86 bits per heavy atom. The highest BCUT2D eigenvalue weighted by molar-refractivity contribution is 6.35. The first-order valence-electron chi connectivity index (χ1n) is 5.97. The molecule has 0 aliphatic carbocycles. The van der Waals surface area contributed by atoms with Gasteiger partial charge >= 0.3 is 11.9 Å². The molecule has 0 spiro atoms. The molecule has 0 aliphatic heterocycles. The van der Waals surface area contributed by atoms with Gasteiger partial charge in [-0.25, -0.2) is 4.79 Å². The smallest absolute Gasteiger partial charge is 0.326 e. The molecule has 0 saturated carbocycles. The van der Waals surface area contributed by atoms with Crippen molar-refractivity contribution in [2.45, 2.75) is 25.3 Å². The summed E-state index contributed by atoms with van der Waals surface area (Å²) >= 11 is 11.7. The summed E-state index contributed by atoms with van der Waals surface area (Å²) in [7, 11) is 0. The molecule has 0 saturated heterocycles. The maximum absolute atomic E-state index is 11.7. The first-order chi connectivity index (χ1) is 9.79. The monoisotopic (exact) mass is 333 g/mol. The van der Waals surface area contributed by atoms with Crippen molar-refractivity contribution in [1.82, 2.24) is 5.32 Å². The summed E-state index contributed by atoms with van der Waals surface area (Å²) in [6, 6.07) is 3.39. The lowest BCUT2D eigenvalue weighted by atomic mass is 10.1. The molecule has 1 atom stereocenters. The number of carbonyl (C=O) groups excluding carboxylic acids is 1. The van der Waals surface area contributed by atoms with Crippen LogP contribution in [0.25, 0.3) is 0 Å². The van der Waals surface area contributed by atoms with E-state index in [1.807, 2.05) is 0 Å². The third-order valence-electron chi connectivity index (χ3n) is 2.65. The highest BCUT2D eigenvalue weighted by Crippen LogP contribution is 2.22. The Labute approximate surface area is 130 Å². The fourth-order valence-electron chi connectivity index (χ4n) is 1.61. The van der Waals surface area contributed by atoms with Gasteiger partial charge in [0.1, 0.15) is 6.04 Å². The van der Waals surface area contributed by atoms with Gasteiger partial charge in [-0.1, -0.05) is 29.3 Å². The molecule has 1 aromatic carbocycles. The normalized spacial score (nSPS) is 11.7. The fourth-order valence-corrected chi connectivity index (χ4v) is 2.12. The Balaban J connectivity index is 2.56. The van der Waals surface area contributed by atoms with Crippen molar-refractivity contribution in [1.29, 1.82) is 0 Å². The second kappa shape index (κ2) is 7.85. The van der Waals surface area contributed by atoms with E-state index in [9.17, 15) is 14.4 Å². The van der Waals surface area contributed by atoms with Crippen LogP contribution in [0.3, 0.4) is 0 Å². The number of rotatable bonds is 7. The zero-order valence-electron chi connectivity index (χ0n) is 10.8. The third kappa shape index (κ3) is 6.01. The Morgan fingerprint density at radius 1 is 1.19 bits per heavy atom. The Kier molecular flexibility index (Phi) is 6.45. The van der Waals surface area contributed by atoms with E-state index in [1.54, 1.807) is 18.2 Å². The zero-order valence-corrected chi connectivity index (χ0v) is 12.3.